The summed E-state index contributed by atoms with van der Waals surface area (Å²) < 4.78 is 10.9. The van der Waals surface area contributed by atoms with Crippen molar-refractivity contribution in [2.45, 2.75) is 26.3 Å². The average molecular weight is 356 g/mol. The first-order valence-corrected chi connectivity index (χ1v) is 8.89. The molecule has 0 radical (unpaired) electrons. The van der Waals surface area contributed by atoms with Crippen molar-refractivity contribution in [3.8, 4) is 5.75 Å². The Bertz CT molecular complexity index is 742. The predicted molar refractivity (Wildman–Crippen MR) is 96.5 cm³/mol. The fourth-order valence-electron chi connectivity index (χ4n) is 3.01. The zero-order valence-corrected chi connectivity index (χ0v) is 14.9. The van der Waals surface area contributed by atoms with Gasteiger partial charge in [-0.2, -0.15) is 0 Å². The number of likely N-dealkylation sites (tertiary alicyclic amines) is 1. The highest BCUT2D eigenvalue weighted by atomic mass is 16.5. The van der Waals surface area contributed by atoms with E-state index in [1.54, 1.807) is 17.2 Å². The SMILES string of the molecule is Cc1cccc(OCCCNC(=O)[C@H]2CC(=O)N(Cc3ccco3)C2)c1. The number of amides is 2. The molecule has 1 aromatic carbocycles. The number of carbonyl (C=O) groups is 2. The topological polar surface area (TPSA) is 71.8 Å². The van der Waals surface area contributed by atoms with Crippen molar-refractivity contribution in [1.82, 2.24) is 10.2 Å². The Labute approximate surface area is 153 Å². The van der Waals surface area contributed by atoms with Crippen LogP contribution in [0.25, 0.3) is 0 Å². The number of nitrogens with zero attached hydrogens (tertiary/aromatic N) is 1. The maximum atomic E-state index is 12.3. The number of hydrogen-bond acceptors (Lipinski definition) is 4. The highest BCUT2D eigenvalue weighted by Gasteiger charge is 2.34. The van der Waals surface area contributed by atoms with Crippen LogP contribution in [0.3, 0.4) is 0 Å². The van der Waals surface area contributed by atoms with Crippen molar-refractivity contribution in [3.05, 3.63) is 54.0 Å². The lowest BCUT2D eigenvalue weighted by molar-refractivity contribution is -0.129. The molecule has 1 aromatic heterocycles. The van der Waals surface area contributed by atoms with Gasteiger partial charge in [0.2, 0.25) is 11.8 Å². The first-order valence-electron chi connectivity index (χ1n) is 8.89. The Morgan fingerprint density at radius 2 is 2.23 bits per heavy atom. The molecule has 0 saturated carbocycles. The van der Waals surface area contributed by atoms with E-state index < -0.39 is 0 Å². The molecular weight excluding hydrogens is 332 g/mol. The number of hydrogen-bond donors (Lipinski definition) is 1. The molecule has 6 nitrogen and oxygen atoms in total. The van der Waals surface area contributed by atoms with E-state index in [1.807, 2.05) is 37.3 Å². The number of nitrogens with one attached hydrogen (secondary N) is 1. The van der Waals surface area contributed by atoms with Gasteiger partial charge < -0.3 is 19.4 Å². The van der Waals surface area contributed by atoms with Crippen LogP contribution in [0.5, 0.6) is 5.75 Å². The van der Waals surface area contributed by atoms with Crippen molar-refractivity contribution in [3.63, 3.8) is 0 Å². The van der Waals surface area contributed by atoms with Crippen LogP contribution in [-0.4, -0.2) is 36.4 Å². The van der Waals surface area contributed by atoms with Crippen LogP contribution in [0.2, 0.25) is 0 Å². The Morgan fingerprint density at radius 1 is 1.35 bits per heavy atom. The van der Waals surface area contributed by atoms with Crippen molar-refractivity contribution in [1.29, 1.82) is 0 Å². The van der Waals surface area contributed by atoms with Gasteiger partial charge in [-0.15, -0.1) is 0 Å². The van der Waals surface area contributed by atoms with Gasteiger partial charge in [-0.3, -0.25) is 9.59 Å². The van der Waals surface area contributed by atoms with E-state index in [-0.39, 0.29) is 24.2 Å². The summed E-state index contributed by atoms with van der Waals surface area (Å²) in [6, 6.07) is 11.5. The first-order chi connectivity index (χ1) is 12.6. The normalized spacial score (nSPS) is 16.7. The molecule has 2 heterocycles. The number of aryl methyl sites for hydroxylation is 1. The van der Waals surface area contributed by atoms with E-state index in [0.29, 0.717) is 26.2 Å². The molecule has 2 amide bonds. The monoisotopic (exact) mass is 356 g/mol. The minimum atomic E-state index is -0.296. The number of benzene rings is 1. The molecule has 1 aliphatic heterocycles. The molecule has 1 aliphatic rings. The Balaban J connectivity index is 1.35. The van der Waals surface area contributed by atoms with Crippen molar-refractivity contribution in [2.24, 2.45) is 5.92 Å². The maximum Gasteiger partial charge on any atom is 0.225 e. The molecule has 2 aromatic rings. The lowest BCUT2D eigenvalue weighted by atomic mass is 10.1. The predicted octanol–water partition coefficient (Wildman–Crippen LogP) is 2.52. The summed E-state index contributed by atoms with van der Waals surface area (Å²) in [5, 5.41) is 2.90. The minimum absolute atomic E-state index is 0.00988. The van der Waals surface area contributed by atoms with Gasteiger partial charge in [-0.25, -0.2) is 0 Å². The summed E-state index contributed by atoms with van der Waals surface area (Å²) in [5.41, 5.74) is 1.15. The smallest absolute Gasteiger partial charge is 0.225 e. The van der Waals surface area contributed by atoms with E-state index in [9.17, 15) is 9.59 Å². The molecule has 3 rings (SSSR count). The Morgan fingerprint density at radius 3 is 3.00 bits per heavy atom. The number of carbonyl (C=O) groups excluding carboxylic acids is 2. The van der Waals surface area contributed by atoms with Gasteiger partial charge in [0.15, 0.2) is 0 Å². The van der Waals surface area contributed by atoms with Crippen LogP contribution in [0, 0.1) is 12.8 Å². The third-order valence-electron chi connectivity index (χ3n) is 4.39. The van der Waals surface area contributed by atoms with Gasteiger partial charge in [-0.05, 0) is 43.2 Å². The molecule has 1 saturated heterocycles. The number of ether oxygens (including phenoxy) is 1. The average Bonchev–Trinajstić information content (AvgIpc) is 3.25. The third-order valence-corrected chi connectivity index (χ3v) is 4.39. The van der Waals surface area contributed by atoms with Gasteiger partial charge in [0, 0.05) is 19.5 Å². The van der Waals surface area contributed by atoms with Crippen LogP contribution < -0.4 is 10.1 Å². The first kappa shape index (κ1) is 18.0. The Hall–Kier alpha value is -2.76. The second kappa shape index (κ2) is 8.56. The van der Waals surface area contributed by atoms with Crippen LogP contribution in [-0.2, 0) is 16.1 Å². The molecule has 1 N–H and O–H groups in total. The van der Waals surface area contributed by atoms with E-state index in [2.05, 4.69) is 5.32 Å². The summed E-state index contributed by atoms with van der Waals surface area (Å²) in [6.45, 7) is 3.95. The molecular formula is C20H24N2O4. The second-order valence-corrected chi connectivity index (χ2v) is 6.56. The summed E-state index contributed by atoms with van der Waals surface area (Å²) in [4.78, 5) is 26.0. The molecule has 6 heteroatoms. The summed E-state index contributed by atoms with van der Waals surface area (Å²) in [7, 11) is 0. The molecule has 26 heavy (non-hydrogen) atoms. The molecule has 0 bridgehead atoms. The summed E-state index contributed by atoms with van der Waals surface area (Å²) in [5.74, 6) is 1.19. The summed E-state index contributed by atoms with van der Waals surface area (Å²) in [6.07, 6.45) is 2.56. The lowest BCUT2D eigenvalue weighted by Gasteiger charge is -2.15. The van der Waals surface area contributed by atoms with Crippen molar-refractivity contribution < 1.29 is 18.7 Å². The molecule has 1 fully saturated rings. The van der Waals surface area contributed by atoms with Crippen molar-refractivity contribution in [2.75, 3.05) is 19.7 Å². The van der Waals surface area contributed by atoms with E-state index >= 15 is 0 Å². The van der Waals surface area contributed by atoms with Crippen LogP contribution in [0.4, 0.5) is 0 Å². The fourth-order valence-corrected chi connectivity index (χ4v) is 3.01. The largest absolute Gasteiger partial charge is 0.494 e. The van der Waals surface area contributed by atoms with Gasteiger partial charge in [0.25, 0.3) is 0 Å². The fraction of sp³-hybridized carbons (Fsp3) is 0.400. The van der Waals surface area contributed by atoms with Gasteiger partial charge in [0.05, 0.1) is 25.3 Å². The van der Waals surface area contributed by atoms with Crippen LogP contribution in [0.15, 0.2) is 47.1 Å². The number of rotatable bonds is 8. The molecule has 0 spiro atoms. The van der Waals surface area contributed by atoms with Gasteiger partial charge in [-0.1, -0.05) is 12.1 Å². The van der Waals surface area contributed by atoms with E-state index in [4.69, 9.17) is 9.15 Å². The molecule has 0 aliphatic carbocycles. The third kappa shape index (κ3) is 4.88. The van der Waals surface area contributed by atoms with E-state index in [0.717, 1.165) is 23.5 Å². The number of furan rings is 1. The zero-order valence-electron chi connectivity index (χ0n) is 14.9. The highest BCUT2D eigenvalue weighted by Crippen LogP contribution is 2.20. The van der Waals surface area contributed by atoms with Gasteiger partial charge in [0.1, 0.15) is 11.5 Å². The lowest BCUT2D eigenvalue weighted by Crippen LogP contribution is -2.33. The molecule has 1 atom stereocenters. The quantitative estimate of drug-likeness (QED) is 0.738. The van der Waals surface area contributed by atoms with Crippen LogP contribution >= 0.6 is 0 Å². The highest BCUT2D eigenvalue weighted by molar-refractivity contribution is 5.89. The van der Waals surface area contributed by atoms with Gasteiger partial charge >= 0.3 is 0 Å². The van der Waals surface area contributed by atoms with Crippen molar-refractivity contribution >= 4 is 11.8 Å². The second-order valence-electron chi connectivity index (χ2n) is 6.56. The standard InChI is InChI=1S/C20H24N2O4/c1-15-5-2-6-17(11-15)25-10-4-8-21-20(24)16-12-19(23)22(13-16)14-18-7-3-9-26-18/h2-3,5-7,9,11,16H,4,8,10,12-14H2,1H3,(H,21,24)/t16-/m0/s1. The van der Waals surface area contributed by atoms with Crippen LogP contribution in [0.1, 0.15) is 24.2 Å². The molecule has 0 unspecified atom stereocenters. The van der Waals surface area contributed by atoms with E-state index in [1.165, 1.54) is 0 Å². The molecule has 138 valence electrons. The minimum Gasteiger partial charge on any atom is -0.494 e. The zero-order chi connectivity index (χ0) is 18.4. The maximum absolute atomic E-state index is 12.3. The summed E-state index contributed by atoms with van der Waals surface area (Å²) >= 11 is 0. The Kier molecular flexibility index (Phi) is 5.94.